The fourth-order valence-electron chi connectivity index (χ4n) is 1.79. The predicted octanol–water partition coefficient (Wildman–Crippen LogP) is 0.575. The van der Waals surface area contributed by atoms with Gasteiger partial charge in [0.15, 0.2) is 5.76 Å². The van der Waals surface area contributed by atoms with Gasteiger partial charge in [0.05, 0.1) is 6.10 Å². The molecule has 0 bridgehead atoms. The number of aromatic carboxylic acids is 1. The minimum Gasteiger partial charge on any atom is -0.475 e. The molecule has 0 atom stereocenters. The molecule has 0 saturated carbocycles. The highest BCUT2D eigenvalue weighted by Crippen LogP contribution is 2.15. The lowest BCUT2D eigenvalue weighted by molar-refractivity contribution is 0.0515. The third-order valence-corrected chi connectivity index (χ3v) is 2.78. The van der Waals surface area contributed by atoms with Gasteiger partial charge in [0, 0.05) is 13.1 Å². The van der Waals surface area contributed by atoms with Gasteiger partial charge >= 0.3 is 5.97 Å². The van der Waals surface area contributed by atoms with Crippen LogP contribution >= 0.6 is 0 Å². The summed E-state index contributed by atoms with van der Waals surface area (Å²) in [5.41, 5.74) is 0. The van der Waals surface area contributed by atoms with E-state index in [9.17, 15) is 14.7 Å². The first-order chi connectivity index (χ1) is 8.08. The number of likely N-dealkylation sites (tertiary alicyclic amines) is 1. The predicted molar refractivity (Wildman–Crippen MR) is 56.8 cm³/mol. The minimum absolute atomic E-state index is 0.0267. The molecule has 17 heavy (non-hydrogen) atoms. The normalized spacial score (nSPS) is 17.1. The van der Waals surface area contributed by atoms with Crippen LogP contribution in [0.1, 0.15) is 34.0 Å². The zero-order valence-corrected chi connectivity index (χ0v) is 9.13. The van der Waals surface area contributed by atoms with Crippen molar-refractivity contribution in [3.8, 4) is 0 Å². The number of carbonyl (C=O) groups is 2. The van der Waals surface area contributed by atoms with Crippen LogP contribution in [0.2, 0.25) is 0 Å². The van der Waals surface area contributed by atoms with Crippen LogP contribution in [0.15, 0.2) is 16.5 Å². The summed E-state index contributed by atoms with van der Waals surface area (Å²) < 4.78 is 4.93. The van der Waals surface area contributed by atoms with Crippen molar-refractivity contribution in [1.29, 1.82) is 0 Å². The van der Waals surface area contributed by atoms with E-state index in [-0.39, 0.29) is 23.5 Å². The molecule has 1 aliphatic rings. The van der Waals surface area contributed by atoms with Gasteiger partial charge < -0.3 is 19.5 Å². The number of piperidine rings is 1. The molecule has 2 heterocycles. The fourth-order valence-corrected chi connectivity index (χ4v) is 1.79. The number of carboxylic acids is 1. The molecular formula is C11H13NO5. The Balaban J connectivity index is 2.06. The van der Waals surface area contributed by atoms with Gasteiger partial charge in [-0.15, -0.1) is 0 Å². The van der Waals surface area contributed by atoms with Crippen LogP contribution in [-0.4, -0.2) is 46.2 Å². The van der Waals surface area contributed by atoms with Crippen LogP contribution in [0.3, 0.4) is 0 Å². The van der Waals surface area contributed by atoms with Gasteiger partial charge in [-0.3, -0.25) is 4.79 Å². The van der Waals surface area contributed by atoms with E-state index in [2.05, 4.69) is 0 Å². The zero-order chi connectivity index (χ0) is 12.4. The molecule has 1 aromatic heterocycles. The topological polar surface area (TPSA) is 91.0 Å². The second-order valence-electron chi connectivity index (χ2n) is 3.99. The van der Waals surface area contributed by atoms with Crippen LogP contribution in [0.5, 0.6) is 0 Å². The first kappa shape index (κ1) is 11.7. The lowest BCUT2D eigenvalue weighted by Gasteiger charge is -2.28. The van der Waals surface area contributed by atoms with Crippen LogP contribution in [0, 0.1) is 0 Å². The smallest absolute Gasteiger partial charge is 0.371 e. The van der Waals surface area contributed by atoms with E-state index < -0.39 is 5.97 Å². The van der Waals surface area contributed by atoms with Crippen molar-refractivity contribution in [2.24, 2.45) is 0 Å². The van der Waals surface area contributed by atoms with Crippen molar-refractivity contribution >= 4 is 11.9 Å². The largest absolute Gasteiger partial charge is 0.475 e. The summed E-state index contributed by atoms with van der Waals surface area (Å²) in [5.74, 6) is -1.74. The summed E-state index contributed by atoms with van der Waals surface area (Å²) in [4.78, 5) is 24.1. The Morgan fingerprint density at radius 2 is 1.82 bits per heavy atom. The highest BCUT2D eigenvalue weighted by molar-refractivity contribution is 5.93. The Kier molecular flexibility index (Phi) is 3.14. The first-order valence-electron chi connectivity index (χ1n) is 5.38. The summed E-state index contributed by atoms with van der Waals surface area (Å²) in [5, 5.41) is 18.0. The molecule has 0 aliphatic carbocycles. The molecule has 0 unspecified atom stereocenters. The van der Waals surface area contributed by atoms with E-state index in [4.69, 9.17) is 9.52 Å². The van der Waals surface area contributed by atoms with E-state index in [0.29, 0.717) is 25.9 Å². The Hall–Kier alpha value is -1.82. The molecule has 2 N–H and O–H groups in total. The Labute approximate surface area is 97.4 Å². The van der Waals surface area contributed by atoms with Crippen LogP contribution in [0.25, 0.3) is 0 Å². The molecule has 1 amide bonds. The number of carbonyl (C=O) groups excluding carboxylic acids is 1. The number of nitrogens with zero attached hydrogens (tertiary/aromatic N) is 1. The quantitative estimate of drug-likeness (QED) is 0.787. The summed E-state index contributed by atoms with van der Waals surface area (Å²) in [6.45, 7) is 0.923. The zero-order valence-electron chi connectivity index (χ0n) is 9.13. The molecule has 1 saturated heterocycles. The molecule has 1 fully saturated rings. The first-order valence-corrected chi connectivity index (χ1v) is 5.38. The minimum atomic E-state index is -1.20. The molecule has 1 aromatic rings. The lowest BCUT2D eigenvalue weighted by Crippen LogP contribution is -2.39. The maximum absolute atomic E-state index is 11.9. The highest BCUT2D eigenvalue weighted by Gasteiger charge is 2.25. The van der Waals surface area contributed by atoms with E-state index in [1.54, 1.807) is 4.90 Å². The molecule has 1 aliphatic heterocycles. The number of carboxylic acid groups (broad SMARTS) is 1. The van der Waals surface area contributed by atoms with E-state index in [1.165, 1.54) is 12.1 Å². The third kappa shape index (κ3) is 2.47. The maximum Gasteiger partial charge on any atom is 0.371 e. The molecule has 0 spiro atoms. The van der Waals surface area contributed by atoms with Gasteiger partial charge in [-0.1, -0.05) is 0 Å². The Morgan fingerprint density at radius 3 is 2.35 bits per heavy atom. The second-order valence-corrected chi connectivity index (χ2v) is 3.99. The van der Waals surface area contributed by atoms with Crippen molar-refractivity contribution in [2.75, 3.05) is 13.1 Å². The molecular weight excluding hydrogens is 226 g/mol. The maximum atomic E-state index is 11.9. The molecule has 2 rings (SSSR count). The van der Waals surface area contributed by atoms with Crippen LogP contribution in [-0.2, 0) is 0 Å². The van der Waals surface area contributed by atoms with Gasteiger partial charge in [-0.05, 0) is 25.0 Å². The van der Waals surface area contributed by atoms with Crippen molar-refractivity contribution in [3.63, 3.8) is 0 Å². The van der Waals surface area contributed by atoms with E-state index >= 15 is 0 Å². The second kappa shape index (κ2) is 4.58. The van der Waals surface area contributed by atoms with E-state index in [0.717, 1.165) is 0 Å². The Bertz CT molecular complexity index is 431. The number of amides is 1. The van der Waals surface area contributed by atoms with Gasteiger partial charge in [0.25, 0.3) is 5.91 Å². The molecule has 6 heteroatoms. The van der Waals surface area contributed by atoms with Gasteiger partial charge in [0.2, 0.25) is 5.76 Å². The molecule has 0 aromatic carbocycles. The van der Waals surface area contributed by atoms with Crippen molar-refractivity contribution < 1.29 is 24.2 Å². The summed E-state index contributed by atoms with van der Waals surface area (Å²) in [6, 6.07) is 2.62. The van der Waals surface area contributed by atoms with Crippen molar-refractivity contribution in [1.82, 2.24) is 4.90 Å². The average Bonchev–Trinajstić information content (AvgIpc) is 2.78. The summed E-state index contributed by atoms with van der Waals surface area (Å²) in [6.07, 6.45) is 0.724. The van der Waals surface area contributed by atoms with Crippen LogP contribution in [0.4, 0.5) is 0 Å². The molecule has 6 nitrogen and oxygen atoms in total. The third-order valence-electron chi connectivity index (χ3n) is 2.78. The molecule has 92 valence electrons. The highest BCUT2D eigenvalue weighted by atomic mass is 16.4. The van der Waals surface area contributed by atoms with Gasteiger partial charge in [-0.2, -0.15) is 0 Å². The number of rotatable bonds is 2. The molecule has 0 radical (unpaired) electrons. The lowest BCUT2D eigenvalue weighted by atomic mass is 10.1. The Morgan fingerprint density at radius 1 is 1.24 bits per heavy atom. The number of hydrogen-bond donors (Lipinski definition) is 2. The van der Waals surface area contributed by atoms with Crippen LogP contribution < -0.4 is 0 Å². The summed E-state index contributed by atoms with van der Waals surface area (Å²) in [7, 11) is 0. The number of aliphatic hydroxyl groups excluding tert-OH is 1. The monoisotopic (exact) mass is 239 g/mol. The van der Waals surface area contributed by atoms with Crippen molar-refractivity contribution in [3.05, 3.63) is 23.7 Å². The van der Waals surface area contributed by atoms with E-state index in [1.807, 2.05) is 0 Å². The van der Waals surface area contributed by atoms with Gasteiger partial charge in [0.1, 0.15) is 0 Å². The number of furan rings is 1. The van der Waals surface area contributed by atoms with Crippen molar-refractivity contribution in [2.45, 2.75) is 18.9 Å². The summed E-state index contributed by atoms with van der Waals surface area (Å²) >= 11 is 0. The SMILES string of the molecule is O=C(O)c1ccc(C(=O)N2CCC(O)CC2)o1. The number of hydrogen-bond acceptors (Lipinski definition) is 4. The number of aliphatic hydroxyl groups is 1. The standard InChI is InChI=1S/C11H13NO5/c13-7-3-5-12(6-4-7)10(14)8-1-2-9(17-8)11(15)16/h1-2,7,13H,3-6H2,(H,15,16). The average molecular weight is 239 g/mol. The van der Waals surface area contributed by atoms with Gasteiger partial charge in [-0.25, -0.2) is 4.79 Å². The fraction of sp³-hybridized carbons (Fsp3) is 0.455.